The maximum atomic E-state index is 11.5. The molecule has 0 spiro atoms. The van der Waals surface area contributed by atoms with E-state index in [1.165, 1.54) is 16.7 Å². The molecule has 0 unspecified atom stereocenters. The minimum Gasteiger partial charge on any atom is -0.477 e. The van der Waals surface area contributed by atoms with Gasteiger partial charge in [0, 0.05) is 18.0 Å². The Morgan fingerprint density at radius 3 is 2.62 bits per heavy atom. The number of carboxylic acid groups (broad SMARTS) is 1. The van der Waals surface area contributed by atoms with Crippen molar-refractivity contribution in [1.82, 2.24) is 4.40 Å². The lowest BCUT2D eigenvalue weighted by molar-refractivity contribution is 0.0685. The van der Waals surface area contributed by atoms with Gasteiger partial charge in [-0.1, -0.05) is 6.07 Å². The highest BCUT2D eigenvalue weighted by Gasteiger charge is 2.23. The van der Waals surface area contributed by atoms with Crippen LogP contribution in [-0.2, 0) is 9.84 Å². The topological polar surface area (TPSA) is 75.8 Å². The Kier molecular flexibility index (Phi) is 2.23. The second-order valence-electron chi connectivity index (χ2n) is 3.43. The third kappa shape index (κ3) is 1.57. The van der Waals surface area contributed by atoms with E-state index in [0.29, 0.717) is 5.52 Å². The van der Waals surface area contributed by atoms with Gasteiger partial charge in [0.05, 0.1) is 0 Å². The number of hydrogen-bond acceptors (Lipinski definition) is 3. The van der Waals surface area contributed by atoms with E-state index in [1.54, 1.807) is 18.2 Å². The zero-order chi connectivity index (χ0) is 11.9. The fourth-order valence-electron chi connectivity index (χ4n) is 1.59. The van der Waals surface area contributed by atoms with Gasteiger partial charge in [0.1, 0.15) is 4.90 Å². The predicted molar refractivity (Wildman–Crippen MR) is 57.5 cm³/mol. The number of hydrogen-bond donors (Lipinski definition) is 1. The molecule has 84 valence electrons. The van der Waals surface area contributed by atoms with Crippen LogP contribution in [0.5, 0.6) is 0 Å². The first-order chi connectivity index (χ1) is 7.41. The molecule has 16 heavy (non-hydrogen) atoms. The Hall–Kier alpha value is -1.82. The summed E-state index contributed by atoms with van der Waals surface area (Å²) in [6, 6.07) is 6.37. The molecule has 2 aromatic rings. The summed E-state index contributed by atoms with van der Waals surface area (Å²) < 4.78 is 24.2. The van der Waals surface area contributed by atoms with E-state index >= 15 is 0 Å². The monoisotopic (exact) mass is 239 g/mol. The van der Waals surface area contributed by atoms with Crippen LogP contribution in [0.25, 0.3) is 5.52 Å². The molecule has 0 saturated heterocycles. The van der Waals surface area contributed by atoms with Crippen LogP contribution in [0.4, 0.5) is 0 Å². The lowest BCUT2D eigenvalue weighted by Crippen LogP contribution is -2.08. The standard InChI is InChI=1S/C10H9NO4S/c1-16(14,15)8-6-7-4-2-3-5-11(7)9(8)10(12)13/h2-6H,1H3,(H,12,13). The zero-order valence-corrected chi connectivity index (χ0v) is 9.23. The Bertz CT molecular complexity index is 669. The molecule has 0 amide bonds. The van der Waals surface area contributed by atoms with Gasteiger partial charge >= 0.3 is 5.97 Å². The number of carboxylic acids is 1. The number of aromatic carboxylic acids is 1. The van der Waals surface area contributed by atoms with Crippen LogP contribution in [0.3, 0.4) is 0 Å². The van der Waals surface area contributed by atoms with Crippen molar-refractivity contribution in [2.24, 2.45) is 0 Å². The highest BCUT2D eigenvalue weighted by molar-refractivity contribution is 7.90. The second-order valence-corrected chi connectivity index (χ2v) is 5.41. The highest BCUT2D eigenvalue weighted by atomic mass is 32.2. The minimum atomic E-state index is -3.54. The van der Waals surface area contributed by atoms with Crippen LogP contribution < -0.4 is 0 Å². The van der Waals surface area contributed by atoms with E-state index in [2.05, 4.69) is 0 Å². The highest BCUT2D eigenvalue weighted by Crippen LogP contribution is 2.21. The van der Waals surface area contributed by atoms with Crippen molar-refractivity contribution < 1.29 is 18.3 Å². The van der Waals surface area contributed by atoms with Gasteiger partial charge < -0.3 is 9.51 Å². The number of pyridine rings is 1. The summed E-state index contributed by atoms with van der Waals surface area (Å²) in [7, 11) is -3.54. The molecule has 0 aliphatic heterocycles. The molecule has 0 radical (unpaired) electrons. The minimum absolute atomic E-state index is 0.161. The van der Waals surface area contributed by atoms with Gasteiger partial charge in [0.25, 0.3) is 0 Å². The van der Waals surface area contributed by atoms with E-state index in [-0.39, 0.29) is 10.6 Å². The molecule has 2 rings (SSSR count). The molecule has 0 saturated carbocycles. The summed E-state index contributed by atoms with van der Waals surface area (Å²) in [5, 5.41) is 9.03. The average Bonchev–Trinajstić information content (AvgIpc) is 2.55. The van der Waals surface area contributed by atoms with Crippen molar-refractivity contribution in [2.75, 3.05) is 6.26 Å². The molecule has 6 heteroatoms. The summed E-state index contributed by atoms with van der Waals surface area (Å²) in [5.74, 6) is -1.26. The Balaban J connectivity index is 2.95. The first kappa shape index (κ1) is 10.7. The first-order valence-electron chi connectivity index (χ1n) is 4.44. The van der Waals surface area contributed by atoms with Crippen molar-refractivity contribution in [1.29, 1.82) is 0 Å². The molecule has 2 aromatic heterocycles. The molecule has 2 heterocycles. The van der Waals surface area contributed by atoms with Gasteiger partial charge in [-0.3, -0.25) is 0 Å². The Morgan fingerprint density at radius 1 is 1.38 bits per heavy atom. The Labute approximate surface area is 91.9 Å². The lowest BCUT2D eigenvalue weighted by atomic mass is 10.4. The number of rotatable bonds is 2. The van der Waals surface area contributed by atoms with Gasteiger partial charge in [0.15, 0.2) is 15.5 Å². The van der Waals surface area contributed by atoms with E-state index in [1.807, 2.05) is 0 Å². The van der Waals surface area contributed by atoms with Crippen molar-refractivity contribution in [3.8, 4) is 0 Å². The molecule has 0 aliphatic carbocycles. The van der Waals surface area contributed by atoms with Crippen LogP contribution in [-0.4, -0.2) is 30.2 Å². The van der Waals surface area contributed by atoms with Crippen molar-refractivity contribution >= 4 is 21.3 Å². The summed E-state index contributed by atoms with van der Waals surface area (Å²) in [5.41, 5.74) is 0.318. The quantitative estimate of drug-likeness (QED) is 0.849. The molecular weight excluding hydrogens is 230 g/mol. The van der Waals surface area contributed by atoms with Crippen molar-refractivity contribution in [3.63, 3.8) is 0 Å². The van der Waals surface area contributed by atoms with E-state index in [9.17, 15) is 13.2 Å². The van der Waals surface area contributed by atoms with Crippen LogP contribution in [0, 0.1) is 0 Å². The van der Waals surface area contributed by atoms with Crippen LogP contribution >= 0.6 is 0 Å². The third-order valence-electron chi connectivity index (χ3n) is 2.25. The molecular formula is C10H9NO4S. The smallest absolute Gasteiger partial charge is 0.354 e. The largest absolute Gasteiger partial charge is 0.477 e. The SMILES string of the molecule is CS(=O)(=O)c1cc2ccccn2c1C(=O)O. The van der Waals surface area contributed by atoms with Crippen LogP contribution in [0.15, 0.2) is 35.4 Å². The first-order valence-corrected chi connectivity index (χ1v) is 6.34. The van der Waals surface area contributed by atoms with Gasteiger partial charge in [-0.05, 0) is 18.2 Å². The third-order valence-corrected chi connectivity index (χ3v) is 3.36. The van der Waals surface area contributed by atoms with Crippen molar-refractivity contribution in [2.45, 2.75) is 4.90 Å². The molecule has 5 nitrogen and oxygen atoms in total. The summed E-state index contributed by atoms with van der Waals surface area (Å²) >= 11 is 0. The maximum absolute atomic E-state index is 11.5. The van der Waals surface area contributed by atoms with E-state index in [0.717, 1.165) is 6.26 Å². The fourth-order valence-corrected chi connectivity index (χ4v) is 2.46. The van der Waals surface area contributed by atoms with Gasteiger partial charge in [-0.2, -0.15) is 0 Å². The van der Waals surface area contributed by atoms with Crippen molar-refractivity contribution in [3.05, 3.63) is 36.2 Å². The van der Waals surface area contributed by atoms with Gasteiger partial charge in [-0.25, -0.2) is 13.2 Å². The molecule has 0 fully saturated rings. The number of nitrogens with zero attached hydrogens (tertiary/aromatic N) is 1. The summed E-state index contributed by atoms with van der Waals surface area (Å²) in [4.78, 5) is 10.9. The molecule has 0 bridgehead atoms. The zero-order valence-electron chi connectivity index (χ0n) is 8.41. The fraction of sp³-hybridized carbons (Fsp3) is 0.100. The number of fused-ring (bicyclic) bond motifs is 1. The lowest BCUT2D eigenvalue weighted by Gasteiger charge is -1.99. The summed E-state index contributed by atoms with van der Waals surface area (Å²) in [6.45, 7) is 0. The predicted octanol–water partition coefficient (Wildman–Crippen LogP) is 1.04. The molecule has 1 N–H and O–H groups in total. The number of aromatic nitrogens is 1. The molecule has 0 aromatic carbocycles. The van der Waals surface area contributed by atoms with Gasteiger partial charge in [0.2, 0.25) is 0 Å². The average molecular weight is 239 g/mol. The van der Waals surface area contributed by atoms with Gasteiger partial charge in [-0.15, -0.1) is 0 Å². The van der Waals surface area contributed by atoms with Crippen LogP contribution in [0.1, 0.15) is 10.5 Å². The second kappa shape index (κ2) is 3.34. The Morgan fingerprint density at radius 2 is 2.06 bits per heavy atom. The number of sulfone groups is 1. The number of carbonyl (C=O) groups is 1. The maximum Gasteiger partial charge on any atom is 0.354 e. The summed E-state index contributed by atoms with van der Waals surface area (Å²) in [6.07, 6.45) is 2.52. The molecule has 0 aliphatic rings. The van der Waals surface area contributed by atoms with Crippen LogP contribution in [0.2, 0.25) is 0 Å². The van der Waals surface area contributed by atoms with E-state index in [4.69, 9.17) is 5.11 Å². The molecule has 0 atom stereocenters. The van der Waals surface area contributed by atoms with E-state index < -0.39 is 15.8 Å². The normalized spacial score (nSPS) is 11.8.